The fourth-order valence-electron chi connectivity index (χ4n) is 2.58. The Morgan fingerprint density at radius 2 is 1.90 bits per heavy atom. The van der Waals surface area contributed by atoms with Gasteiger partial charge in [0.2, 0.25) is 5.82 Å². The zero-order chi connectivity index (χ0) is 22.2. The maximum atomic E-state index is 13.4. The Hall–Kier alpha value is -2.84. The van der Waals surface area contributed by atoms with E-state index in [0.29, 0.717) is 30.8 Å². The molecule has 3 aromatic rings. The summed E-state index contributed by atoms with van der Waals surface area (Å²) >= 11 is 3.08. The molecule has 0 aliphatic rings. The molecule has 0 bridgehead atoms. The van der Waals surface area contributed by atoms with Crippen LogP contribution in [0.15, 0.2) is 56.6 Å². The van der Waals surface area contributed by atoms with E-state index >= 15 is 0 Å². The molecular weight excluding hydrogens is 474 g/mol. The number of halogens is 2. The number of rotatable bonds is 9. The van der Waals surface area contributed by atoms with Gasteiger partial charge in [-0.2, -0.15) is 0 Å². The number of amidine groups is 1. The first-order chi connectivity index (χ1) is 15.0. The van der Waals surface area contributed by atoms with Crippen molar-refractivity contribution < 1.29 is 24.3 Å². The molecule has 0 spiro atoms. The lowest BCUT2D eigenvalue weighted by Crippen LogP contribution is -2.29. The van der Waals surface area contributed by atoms with E-state index in [9.17, 15) is 9.60 Å². The smallest absolute Gasteiger partial charge is 0.423 e. The van der Waals surface area contributed by atoms with Gasteiger partial charge in [0, 0.05) is 19.6 Å². The Kier molecular flexibility index (Phi) is 8.09. The van der Waals surface area contributed by atoms with E-state index in [1.807, 2.05) is 5.48 Å². The molecule has 0 aliphatic carbocycles. The van der Waals surface area contributed by atoms with E-state index < -0.39 is 12.9 Å². The second-order valence-corrected chi connectivity index (χ2v) is 7.21. The zero-order valence-electron chi connectivity index (χ0n) is 16.1. The van der Waals surface area contributed by atoms with Crippen LogP contribution >= 0.6 is 15.9 Å². The minimum absolute atomic E-state index is 0.0265. The Bertz CT molecular complexity index is 1030. The monoisotopic (exact) mass is 492 g/mol. The molecule has 2 aromatic carbocycles. The summed E-state index contributed by atoms with van der Waals surface area (Å²) in [5.41, 5.74) is 3.89. The van der Waals surface area contributed by atoms with Gasteiger partial charge in [0.15, 0.2) is 11.5 Å². The molecule has 0 aliphatic heterocycles. The number of benzene rings is 2. The van der Waals surface area contributed by atoms with Gasteiger partial charge in [-0.25, -0.2) is 14.0 Å². The number of anilines is 1. The second-order valence-electron chi connectivity index (χ2n) is 6.35. The molecule has 0 saturated heterocycles. The summed E-state index contributed by atoms with van der Waals surface area (Å²) in [5, 5.41) is 41.4. The number of nitrogens with zero attached hydrogens (tertiary/aromatic N) is 3. The van der Waals surface area contributed by atoms with E-state index in [1.54, 1.807) is 24.3 Å². The highest BCUT2D eigenvalue weighted by molar-refractivity contribution is 9.10. The lowest BCUT2D eigenvalue weighted by atomic mass is 9.80. The first-order valence-electron chi connectivity index (χ1n) is 9.14. The van der Waals surface area contributed by atoms with E-state index in [2.05, 4.69) is 41.9 Å². The predicted molar refractivity (Wildman–Crippen MR) is 116 cm³/mol. The fraction of sp³-hybridized carbons (Fsp3) is 0.167. The van der Waals surface area contributed by atoms with Gasteiger partial charge in [-0.05, 0) is 55.5 Å². The molecule has 1 aromatic heterocycles. The Morgan fingerprint density at radius 3 is 2.58 bits per heavy atom. The van der Waals surface area contributed by atoms with Crippen LogP contribution in [0.2, 0.25) is 0 Å². The van der Waals surface area contributed by atoms with Crippen LogP contribution in [0.5, 0.6) is 0 Å². The van der Waals surface area contributed by atoms with Crippen LogP contribution in [-0.2, 0) is 6.54 Å². The van der Waals surface area contributed by atoms with E-state index in [0.717, 1.165) is 5.56 Å². The summed E-state index contributed by atoms with van der Waals surface area (Å²) in [4.78, 5) is 4.19. The van der Waals surface area contributed by atoms with Crippen molar-refractivity contribution in [3.8, 4) is 0 Å². The molecule has 0 fully saturated rings. The quantitative estimate of drug-likeness (QED) is 0.0842. The van der Waals surface area contributed by atoms with Crippen LogP contribution in [0.4, 0.5) is 15.9 Å². The standard InChI is InChI=1S/C18H19BBrFN6O4/c20-14-9-13(5-6-15(14)21)24-18(25-30)16-17(27-31-26-16)23-8-7-22-10-11-1-3-12(4-2-11)19(28)29/h1-6,9,22,28-30H,7-8,10H2,(H,23,27)(H,24,25). The van der Waals surface area contributed by atoms with Crippen LogP contribution in [0.25, 0.3) is 0 Å². The Balaban J connectivity index is 1.54. The average Bonchev–Trinajstić information content (AvgIpc) is 3.23. The highest BCUT2D eigenvalue weighted by Gasteiger charge is 2.16. The molecule has 1 heterocycles. The molecule has 0 radical (unpaired) electrons. The largest absolute Gasteiger partial charge is 0.488 e. The third-order valence-corrected chi connectivity index (χ3v) is 4.77. The summed E-state index contributed by atoms with van der Waals surface area (Å²) in [6.45, 7) is 1.62. The van der Waals surface area contributed by atoms with Crippen LogP contribution in [0, 0.1) is 5.82 Å². The molecule has 0 unspecified atom stereocenters. The van der Waals surface area contributed by atoms with E-state index in [1.165, 1.54) is 18.2 Å². The topological polar surface area (TPSA) is 148 Å². The van der Waals surface area contributed by atoms with Crippen molar-refractivity contribution in [3.63, 3.8) is 0 Å². The summed E-state index contributed by atoms with van der Waals surface area (Å²) in [7, 11) is -1.48. The second kappa shape index (κ2) is 11.0. The highest BCUT2D eigenvalue weighted by Crippen LogP contribution is 2.23. The number of hydrogen-bond acceptors (Lipinski definition) is 9. The number of aliphatic imine (C=N–C) groups is 1. The molecule has 0 atom stereocenters. The first-order valence-corrected chi connectivity index (χ1v) is 9.93. The van der Waals surface area contributed by atoms with Crippen molar-refractivity contribution in [1.82, 2.24) is 21.1 Å². The Morgan fingerprint density at radius 1 is 1.13 bits per heavy atom. The van der Waals surface area contributed by atoms with Crippen LogP contribution in [-0.4, -0.2) is 51.6 Å². The van der Waals surface area contributed by atoms with Crippen LogP contribution < -0.4 is 21.6 Å². The predicted octanol–water partition coefficient (Wildman–Crippen LogP) is 0.910. The maximum Gasteiger partial charge on any atom is 0.488 e. The van der Waals surface area contributed by atoms with Gasteiger partial charge in [-0.15, -0.1) is 0 Å². The SMILES string of the molecule is ONC(=Nc1ccc(F)c(Br)c1)c1nonc1NCCNCc1ccc(B(O)O)cc1. The van der Waals surface area contributed by atoms with Gasteiger partial charge in [0.25, 0.3) is 0 Å². The third kappa shape index (κ3) is 6.32. The van der Waals surface area contributed by atoms with Crippen molar-refractivity contribution in [2.45, 2.75) is 6.54 Å². The summed E-state index contributed by atoms with van der Waals surface area (Å²) < 4.78 is 18.4. The van der Waals surface area contributed by atoms with Gasteiger partial charge in [0.1, 0.15) is 5.82 Å². The molecule has 3 rings (SSSR count). The average molecular weight is 493 g/mol. The summed E-state index contributed by atoms with van der Waals surface area (Å²) in [5.74, 6) is -0.191. The minimum atomic E-state index is -1.48. The van der Waals surface area contributed by atoms with E-state index in [4.69, 9.17) is 14.7 Å². The van der Waals surface area contributed by atoms with Gasteiger partial charge in [-0.3, -0.25) is 10.7 Å². The van der Waals surface area contributed by atoms with Gasteiger partial charge in [0.05, 0.1) is 10.2 Å². The van der Waals surface area contributed by atoms with Crippen LogP contribution in [0.1, 0.15) is 11.3 Å². The molecule has 10 nitrogen and oxygen atoms in total. The van der Waals surface area contributed by atoms with Crippen molar-refractivity contribution >= 4 is 45.9 Å². The summed E-state index contributed by atoms with van der Waals surface area (Å²) in [6, 6.07) is 11.0. The van der Waals surface area contributed by atoms with Crippen molar-refractivity contribution in [3.05, 3.63) is 64.0 Å². The lowest BCUT2D eigenvalue weighted by Gasteiger charge is -2.08. The van der Waals surface area contributed by atoms with Gasteiger partial charge >= 0.3 is 7.12 Å². The first kappa shape index (κ1) is 22.8. The third-order valence-electron chi connectivity index (χ3n) is 4.16. The lowest BCUT2D eigenvalue weighted by molar-refractivity contribution is 0.234. The summed E-state index contributed by atoms with van der Waals surface area (Å²) in [6.07, 6.45) is 0. The molecule has 31 heavy (non-hydrogen) atoms. The minimum Gasteiger partial charge on any atom is -0.423 e. The van der Waals surface area contributed by atoms with Crippen molar-refractivity contribution in [1.29, 1.82) is 0 Å². The molecular formula is C18H19BBrFN6O4. The van der Waals surface area contributed by atoms with E-state index in [-0.39, 0.29) is 21.8 Å². The number of hydrogen-bond donors (Lipinski definition) is 6. The number of aromatic nitrogens is 2. The zero-order valence-corrected chi connectivity index (χ0v) is 17.7. The van der Waals surface area contributed by atoms with Crippen molar-refractivity contribution in [2.75, 3.05) is 18.4 Å². The van der Waals surface area contributed by atoms with Gasteiger partial charge < -0.3 is 20.7 Å². The molecule has 6 N–H and O–H groups in total. The van der Waals surface area contributed by atoms with Crippen molar-refractivity contribution in [2.24, 2.45) is 4.99 Å². The molecule has 162 valence electrons. The fourth-order valence-corrected chi connectivity index (χ4v) is 2.95. The number of nitrogens with one attached hydrogen (secondary N) is 3. The molecule has 13 heteroatoms. The Labute approximate surface area is 185 Å². The maximum absolute atomic E-state index is 13.4. The molecule has 0 saturated carbocycles. The highest BCUT2D eigenvalue weighted by atomic mass is 79.9. The normalized spacial score (nSPS) is 11.5. The number of hydroxylamine groups is 1. The van der Waals surface area contributed by atoms with Crippen LogP contribution in [0.3, 0.4) is 0 Å². The van der Waals surface area contributed by atoms with Gasteiger partial charge in [-0.1, -0.05) is 24.3 Å². The molecule has 0 amide bonds.